The lowest BCUT2D eigenvalue weighted by molar-refractivity contribution is 0.112. The summed E-state index contributed by atoms with van der Waals surface area (Å²) in [7, 11) is -3.01. The summed E-state index contributed by atoms with van der Waals surface area (Å²) in [5.74, 6) is 0.324. The Balaban J connectivity index is 2.29. The molecule has 1 aromatic heterocycles. The fourth-order valence-corrected chi connectivity index (χ4v) is 3.51. The quantitative estimate of drug-likeness (QED) is 0.762. The number of fused-ring (bicyclic) bond motifs is 1. The van der Waals surface area contributed by atoms with Crippen molar-refractivity contribution < 1.29 is 13.2 Å². The summed E-state index contributed by atoms with van der Waals surface area (Å²) in [6.07, 6.45) is 3.16. The number of sulfone groups is 1. The average Bonchev–Trinajstić information content (AvgIpc) is 2.75. The van der Waals surface area contributed by atoms with Crippen molar-refractivity contribution in [1.82, 2.24) is 4.57 Å². The van der Waals surface area contributed by atoms with E-state index in [9.17, 15) is 13.2 Å². The molecule has 0 unspecified atom stereocenters. The Bertz CT molecular complexity index is 686. The summed E-state index contributed by atoms with van der Waals surface area (Å²) in [6, 6.07) is 7.52. The Kier molecular flexibility index (Phi) is 4.04. The first-order valence-electron chi connectivity index (χ1n) is 6.31. The molecule has 0 N–H and O–H groups in total. The van der Waals surface area contributed by atoms with Crippen LogP contribution in [-0.2, 0) is 16.4 Å². The van der Waals surface area contributed by atoms with E-state index in [0.29, 0.717) is 18.5 Å². The number of benzene rings is 1. The Morgan fingerprint density at radius 2 is 1.95 bits per heavy atom. The zero-order valence-corrected chi connectivity index (χ0v) is 11.7. The standard InChI is InChI=1S/C14H17NO3S/c1-2-8-19(17,18)9-7-15-10-12(11-16)13-5-3-4-6-14(13)15/h3-6,10-11H,2,7-9H2,1H3. The fraction of sp³-hybridized carbons (Fsp3) is 0.357. The van der Waals surface area contributed by atoms with Crippen molar-refractivity contribution in [3.05, 3.63) is 36.0 Å². The Labute approximate surface area is 113 Å². The molecule has 1 heterocycles. The van der Waals surface area contributed by atoms with Gasteiger partial charge in [-0.1, -0.05) is 25.1 Å². The Morgan fingerprint density at radius 1 is 1.21 bits per heavy atom. The molecule has 4 nitrogen and oxygen atoms in total. The molecule has 0 saturated carbocycles. The second kappa shape index (κ2) is 5.57. The molecular weight excluding hydrogens is 262 g/mol. The van der Waals surface area contributed by atoms with Gasteiger partial charge in [0, 0.05) is 35.0 Å². The van der Waals surface area contributed by atoms with Gasteiger partial charge in [0.1, 0.15) is 0 Å². The number of hydrogen-bond donors (Lipinski definition) is 0. The Morgan fingerprint density at radius 3 is 2.63 bits per heavy atom. The normalized spacial score (nSPS) is 11.8. The van der Waals surface area contributed by atoms with E-state index < -0.39 is 9.84 Å². The predicted molar refractivity (Wildman–Crippen MR) is 76.3 cm³/mol. The van der Waals surface area contributed by atoms with Crippen LogP contribution < -0.4 is 0 Å². The number of aromatic nitrogens is 1. The summed E-state index contributed by atoms with van der Waals surface area (Å²) in [6.45, 7) is 2.24. The van der Waals surface area contributed by atoms with E-state index in [1.807, 2.05) is 35.8 Å². The highest BCUT2D eigenvalue weighted by Crippen LogP contribution is 2.19. The third kappa shape index (κ3) is 3.04. The molecule has 0 aliphatic rings. The summed E-state index contributed by atoms with van der Waals surface area (Å²) >= 11 is 0. The summed E-state index contributed by atoms with van der Waals surface area (Å²) in [4.78, 5) is 11.0. The van der Waals surface area contributed by atoms with Gasteiger partial charge in [0.2, 0.25) is 0 Å². The number of para-hydroxylation sites is 1. The molecule has 0 saturated heterocycles. The monoisotopic (exact) mass is 279 g/mol. The van der Waals surface area contributed by atoms with Crippen molar-refractivity contribution in [2.75, 3.05) is 11.5 Å². The second-order valence-corrected chi connectivity index (χ2v) is 6.87. The molecule has 0 spiro atoms. The fourth-order valence-electron chi connectivity index (χ4n) is 2.20. The van der Waals surface area contributed by atoms with Crippen molar-refractivity contribution in [1.29, 1.82) is 0 Å². The molecule has 102 valence electrons. The molecule has 0 bridgehead atoms. The molecule has 2 rings (SSSR count). The zero-order chi connectivity index (χ0) is 13.9. The summed E-state index contributed by atoms with van der Waals surface area (Å²) in [5.41, 5.74) is 1.50. The molecule has 19 heavy (non-hydrogen) atoms. The predicted octanol–water partition coefficient (Wildman–Crippen LogP) is 2.28. The molecule has 1 aromatic carbocycles. The number of aryl methyl sites for hydroxylation is 1. The van der Waals surface area contributed by atoms with E-state index in [0.717, 1.165) is 17.2 Å². The smallest absolute Gasteiger partial charge is 0.152 e. The summed E-state index contributed by atoms with van der Waals surface area (Å²) < 4.78 is 25.3. The van der Waals surface area contributed by atoms with Crippen LogP contribution in [-0.4, -0.2) is 30.8 Å². The van der Waals surface area contributed by atoms with Crippen LogP contribution in [0.25, 0.3) is 10.9 Å². The highest BCUT2D eigenvalue weighted by Gasteiger charge is 2.12. The molecule has 0 aliphatic heterocycles. The molecular formula is C14H17NO3S. The molecule has 5 heteroatoms. The largest absolute Gasteiger partial charge is 0.346 e. The Hall–Kier alpha value is -1.62. The van der Waals surface area contributed by atoms with Gasteiger partial charge in [-0.05, 0) is 12.5 Å². The molecule has 0 amide bonds. The second-order valence-electron chi connectivity index (χ2n) is 4.56. The average molecular weight is 279 g/mol. The van der Waals surface area contributed by atoms with Gasteiger partial charge in [-0.2, -0.15) is 0 Å². The molecule has 0 radical (unpaired) electrons. The van der Waals surface area contributed by atoms with Crippen LogP contribution in [0.3, 0.4) is 0 Å². The lowest BCUT2D eigenvalue weighted by Crippen LogP contribution is -2.15. The minimum absolute atomic E-state index is 0.109. The van der Waals surface area contributed by atoms with Gasteiger partial charge in [-0.25, -0.2) is 8.42 Å². The number of nitrogens with zero attached hydrogens (tertiary/aromatic N) is 1. The number of hydrogen-bond acceptors (Lipinski definition) is 3. The SMILES string of the molecule is CCCS(=O)(=O)CCn1cc(C=O)c2ccccc21. The van der Waals surface area contributed by atoms with Crippen LogP contribution in [0.15, 0.2) is 30.5 Å². The van der Waals surface area contributed by atoms with E-state index >= 15 is 0 Å². The third-order valence-electron chi connectivity index (χ3n) is 3.10. The first kappa shape index (κ1) is 13.8. The first-order valence-corrected chi connectivity index (χ1v) is 8.13. The topological polar surface area (TPSA) is 56.1 Å². The molecule has 2 aromatic rings. The van der Waals surface area contributed by atoms with E-state index in [2.05, 4.69) is 0 Å². The summed E-state index contributed by atoms with van der Waals surface area (Å²) in [5, 5.41) is 0.866. The van der Waals surface area contributed by atoms with Gasteiger partial charge >= 0.3 is 0 Å². The molecule has 0 atom stereocenters. The van der Waals surface area contributed by atoms with Gasteiger partial charge in [0.25, 0.3) is 0 Å². The van der Waals surface area contributed by atoms with Crippen LogP contribution in [0.5, 0.6) is 0 Å². The lowest BCUT2D eigenvalue weighted by atomic mass is 10.2. The minimum Gasteiger partial charge on any atom is -0.346 e. The zero-order valence-electron chi connectivity index (χ0n) is 10.9. The van der Waals surface area contributed by atoms with Crippen molar-refractivity contribution in [3.8, 4) is 0 Å². The van der Waals surface area contributed by atoms with Gasteiger partial charge in [0.05, 0.1) is 5.75 Å². The number of carbonyl (C=O) groups excluding carboxylic acids is 1. The van der Waals surface area contributed by atoms with Crippen LogP contribution in [0, 0.1) is 0 Å². The minimum atomic E-state index is -3.01. The molecule has 0 aliphatic carbocycles. The van der Waals surface area contributed by atoms with E-state index in [4.69, 9.17) is 0 Å². The maximum absolute atomic E-state index is 11.7. The van der Waals surface area contributed by atoms with Crippen molar-refractivity contribution in [2.24, 2.45) is 0 Å². The third-order valence-corrected chi connectivity index (χ3v) is 4.94. The van der Waals surface area contributed by atoms with Crippen LogP contribution >= 0.6 is 0 Å². The van der Waals surface area contributed by atoms with Gasteiger partial charge in [0.15, 0.2) is 16.1 Å². The highest BCUT2D eigenvalue weighted by atomic mass is 32.2. The van der Waals surface area contributed by atoms with Crippen molar-refractivity contribution in [3.63, 3.8) is 0 Å². The number of aldehydes is 1. The number of rotatable bonds is 6. The maximum Gasteiger partial charge on any atom is 0.152 e. The van der Waals surface area contributed by atoms with Crippen LogP contribution in [0.4, 0.5) is 0 Å². The van der Waals surface area contributed by atoms with E-state index in [1.54, 1.807) is 6.20 Å². The molecule has 0 fully saturated rings. The first-order chi connectivity index (χ1) is 9.07. The number of carbonyl (C=O) groups is 1. The van der Waals surface area contributed by atoms with E-state index in [-0.39, 0.29) is 11.5 Å². The lowest BCUT2D eigenvalue weighted by Gasteiger charge is -2.06. The van der Waals surface area contributed by atoms with E-state index in [1.165, 1.54) is 0 Å². The highest BCUT2D eigenvalue weighted by molar-refractivity contribution is 7.91. The maximum atomic E-state index is 11.7. The van der Waals surface area contributed by atoms with Crippen molar-refractivity contribution >= 4 is 27.0 Å². The van der Waals surface area contributed by atoms with Gasteiger partial charge in [-0.3, -0.25) is 4.79 Å². The van der Waals surface area contributed by atoms with Crippen LogP contribution in [0.2, 0.25) is 0 Å². The van der Waals surface area contributed by atoms with Gasteiger partial charge in [-0.15, -0.1) is 0 Å². The van der Waals surface area contributed by atoms with Gasteiger partial charge < -0.3 is 4.57 Å². The van der Waals surface area contributed by atoms with Crippen LogP contribution in [0.1, 0.15) is 23.7 Å². The van der Waals surface area contributed by atoms with Crippen molar-refractivity contribution in [2.45, 2.75) is 19.9 Å².